The van der Waals surface area contributed by atoms with E-state index in [0.717, 1.165) is 0 Å². The van der Waals surface area contributed by atoms with E-state index in [1.165, 1.54) is 13.8 Å². The van der Waals surface area contributed by atoms with Crippen molar-refractivity contribution in [3.8, 4) is 0 Å². The Labute approximate surface area is 79.9 Å². The molecular formula is C8H13F3O3. The van der Waals surface area contributed by atoms with Crippen LogP contribution in [0.4, 0.5) is 13.2 Å². The zero-order chi connectivity index (χ0) is 11.4. The summed E-state index contributed by atoms with van der Waals surface area (Å²) in [6.07, 6.45) is -4.99. The molecule has 84 valence electrons. The topological polar surface area (TPSA) is 46.5 Å². The van der Waals surface area contributed by atoms with Gasteiger partial charge in [0.1, 0.15) is 6.61 Å². The van der Waals surface area contributed by atoms with Gasteiger partial charge in [0.25, 0.3) is 0 Å². The first kappa shape index (κ1) is 13.2. The lowest BCUT2D eigenvalue weighted by Crippen LogP contribution is -2.24. The van der Waals surface area contributed by atoms with Crippen LogP contribution in [0.15, 0.2) is 0 Å². The number of carboxylic acid groups (broad SMARTS) is 1. The summed E-state index contributed by atoms with van der Waals surface area (Å²) in [6.45, 7) is 1.52. The molecule has 0 aliphatic carbocycles. The lowest BCUT2D eigenvalue weighted by atomic mass is 10.1. The monoisotopic (exact) mass is 214 g/mol. The van der Waals surface area contributed by atoms with Gasteiger partial charge < -0.3 is 9.84 Å². The third-order valence-corrected chi connectivity index (χ3v) is 1.64. The number of carboxylic acids is 1. The molecule has 0 saturated carbocycles. The smallest absolute Gasteiger partial charge is 0.411 e. The maximum Gasteiger partial charge on any atom is 0.411 e. The van der Waals surface area contributed by atoms with E-state index in [4.69, 9.17) is 5.11 Å². The van der Waals surface area contributed by atoms with Gasteiger partial charge in [-0.1, -0.05) is 6.92 Å². The molecule has 0 heterocycles. The minimum absolute atomic E-state index is 0.0748. The third kappa shape index (κ3) is 6.71. The van der Waals surface area contributed by atoms with Gasteiger partial charge in [0.15, 0.2) is 0 Å². The van der Waals surface area contributed by atoms with Gasteiger partial charge >= 0.3 is 12.1 Å². The van der Waals surface area contributed by atoms with Gasteiger partial charge in [0.2, 0.25) is 0 Å². The number of alkyl halides is 3. The number of halogens is 3. The lowest BCUT2D eigenvalue weighted by Gasteiger charge is -2.16. The summed E-state index contributed by atoms with van der Waals surface area (Å²) in [5.74, 6) is -1.73. The first-order valence-corrected chi connectivity index (χ1v) is 4.13. The van der Waals surface area contributed by atoms with E-state index in [1.807, 2.05) is 0 Å². The Hall–Kier alpha value is -0.780. The Morgan fingerprint density at radius 2 is 1.93 bits per heavy atom. The second kappa shape index (κ2) is 5.19. The van der Waals surface area contributed by atoms with Crippen LogP contribution in [0.2, 0.25) is 0 Å². The van der Waals surface area contributed by atoms with Crippen LogP contribution < -0.4 is 0 Å². The number of aliphatic carboxylic acids is 1. The van der Waals surface area contributed by atoms with Crippen molar-refractivity contribution in [2.45, 2.75) is 32.5 Å². The van der Waals surface area contributed by atoms with Crippen LogP contribution in [0.5, 0.6) is 0 Å². The average molecular weight is 214 g/mol. The number of hydrogen-bond donors (Lipinski definition) is 1. The molecule has 0 fully saturated rings. The van der Waals surface area contributed by atoms with Crippen molar-refractivity contribution in [1.29, 1.82) is 0 Å². The molecule has 0 rings (SSSR count). The Kier molecular flexibility index (Phi) is 4.90. The Balaban J connectivity index is 3.76. The zero-order valence-electron chi connectivity index (χ0n) is 7.97. The van der Waals surface area contributed by atoms with Crippen molar-refractivity contribution >= 4 is 5.97 Å². The summed E-state index contributed by atoms with van der Waals surface area (Å²) in [4.78, 5) is 10.4. The predicted octanol–water partition coefficient (Wildman–Crippen LogP) is 2.06. The standard InChI is InChI=1S/C8H13F3O3/c1-5(7(12)13)3-6(2)14-4-8(9,10)11/h5-6H,3-4H2,1-2H3,(H,12,13). The maximum absolute atomic E-state index is 11.7. The normalized spacial score (nSPS) is 16.4. The van der Waals surface area contributed by atoms with Crippen molar-refractivity contribution in [1.82, 2.24) is 0 Å². The lowest BCUT2D eigenvalue weighted by molar-refractivity contribution is -0.185. The molecule has 0 spiro atoms. The number of ether oxygens (including phenoxy) is 1. The third-order valence-electron chi connectivity index (χ3n) is 1.64. The first-order chi connectivity index (χ1) is 6.22. The van der Waals surface area contributed by atoms with Crippen molar-refractivity contribution < 1.29 is 27.8 Å². The highest BCUT2D eigenvalue weighted by Gasteiger charge is 2.29. The van der Waals surface area contributed by atoms with Gasteiger partial charge in [0.05, 0.1) is 12.0 Å². The summed E-state index contributed by atoms with van der Waals surface area (Å²) in [5.41, 5.74) is 0. The molecule has 1 N–H and O–H groups in total. The molecule has 6 heteroatoms. The van der Waals surface area contributed by atoms with E-state index < -0.39 is 30.8 Å². The van der Waals surface area contributed by atoms with E-state index in [2.05, 4.69) is 4.74 Å². The molecule has 0 radical (unpaired) electrons. The van der Waals surface area contributed by atoms with Crippen LogP contribution in [0.3, 0.4) is 0 Å². The second-order valence-corrected chi connectivity index (χ2v) is 3.21. The average Bonchev–Trinajstić information content (AvgIpc) is 1.99. The van der Waals surface area contributed by atoms with Crippen LogP contribution in [-0.4, -0.2) is 30.0 Å². The fourth-order valence-electron chi connectivity index (χ4n) is 0.903. The molecule has 0 aromatic rings. The van der Waals surface area contributed by atoms with Crippen molar-refractivity contribution in [3.05, 3.63) is 0 Å². The van der Waals surface area contributed by atoms with Crippen LogP contribution in [0, 0.1) is 5.92 Å². The van der Waals surface area contributed by atoms with Gasteiger partial charge in [-0.15, -0.1) is 0 Å². The maximum atomic E-state index is 11.7. The molecular weight excluding hydrogens is 201 g/mol. The zero-order valence-corrected chi connectivity index (χ0v) is 7.97. The van der Waals surface area contributed by atoms with Crippen LogP contribution in [-0.2, 0) is 9.53 Å². The molecule has 0 aromatic carbocycles. The number of rotatable bonds is 5. The van der Waals surface area contributed by atoms with Crippen LogP contribution in [0.1, 0.15) is 20.3 Å². The SMILES string of the molecule is CC(CC(C)C(=O)O)OCC(F)(F)F. The van der Waals surface area contributed by atoms with E-state index in [1.54, 1.807) is 0 Å². The molecule has 0 aliphatic heterocycles. The fourth-order valence-corrected chi connectivity index (χ4v) is 0.903. The predicted molar refractivity (Wildman–Crippen MR) is 42.9 cm³/mol. The first-order valence-electron chi connectivity index (χ1n) is 4.13. The summed E-state index contributed by atoms with van der Waals surface area (Å²) in [6, 6.07) is 0. The van der Waals surface area contributed by atoms with Crippen molar-refractivity contribution in [2.24, 2.45) is 5.92 Å². The number of hydrogen-bond acceptors (Lipinski definition) is 2. The number of carbonyl (C=O) groups is 1. The highest BCUT2D eigenvalue weighted by atomic mass is 19.4. The summed E-state index contributed by atoms with van der Waals surface area (Å²) in [5, 5.41) is 8.48. The molecule has 2 unspecified atom stereocenters. The molecule has 14 heavy (non-hydrogen) atoms. The van der Waals surface area contributed by atoms with Crippen molar-refractivity contribution in [2.75, 3.05) is 6.61 Å². The summed E-state index contributed by atoms with van der Waals surface area (Å²) < 4.78 is 39.5. The van der Waals surface area contributed by atoms with Gasteiger partial charge in [-0.3, -0.25) is 4.79 Å². The fraction of sp³-hybridized carbons (Fsp3) is 0.875. The Morgan fingerprint density at radius 1 is 1.43 bits per heavy atom. The van der Waals surface area contributed by atoms with E-state index in [-0.39, 0.29) is 6.42 Å². The molecule has 0 saturated heterocycles. The summed E-state index contributed by atoms with van der Waals surface area (Å²) >= 11 is 0. The summed E-state index contributed by atoms with van der Waals surface area (Å²) in [7, 11) is 0. The largest absolute Gasteiger partial charge is 0.481 e. The van der Waals surface area contributed by atoms with Gasteiger partial charge in [-0.25, -0.2) is 0 Å². The molecule has 0 aliphatic rings. The van der Waals surface area contributed by atoms with Gasteiger partial charge in [-0.2, -0.15) is 13.2 Å². The Morgan fingerprint density at radius 3 is 2.29 bits per heavy atom. The van der Waals surface area contributed by atoms with Crippen molar-refractivity contribution in [3.63, 3.8) is 0 Å². The molecule has 3 nitrogen and oxygen atoms in total. The van der Waals surface area contributed by atoms with E-state index >= 15 is 0 Å². The highest BCUT2D eigenvalue weighted by Crippen LogP contribution is 2.17. The van der Waals surface area contributed by atoms with Gasteiger partial charge in [0, 0.05) is 0 Å². The van der Waals surface area contributed by atoms with Gasteiger partial charge in [-0.05, 0) is 13.3 Å². The minimum Gasteiger partial charge on any atom is -0.481 e. The van der Waals surface area contributed by atoms with E-state index in [0.29, 0.717) is 0 Å². The van der Waals surface area contributed by atoms with Crippen LogP contribution >= 0.6 is 0 Å². The Bertz CT molecular complexity index is 191. The molecule has 2 atom stereocenters. The molecule has 0 bridgehead atoms. The van der Waals surface area contributed by atoms with Crippen LogP contribution in [0.25, 0.3) is 0 Å². The molecule has 0 aromatic heterocycles. The second-order valence-electron chi connectivity index (χ2n) is 3.21. The minimum atomic E-state index is -4.36. The van der Waals surface area contributed by atoms with E-state index in [9.17, 15) is 18.0 Å². The molecule has 0 amide bonds. The highest BCUT2D eigenvalue weighted by molar-refractivity contribution is 5.69. The quantitative estimate of drug-likeness (QED) is 0.761.